The number of aromatic nitrogens is 1. The van der Waals surface area contributed by atoms with Crippen LogP contribution in [0.2, 0.25) is 0 Å². The third kappa shape index (κ3) is 3.01. The third-order valence-electron chi connectivity index (χ3n) is 5.32. The zero-order valence-corrected chi connectivity index (χ0v) is 14.7. The first-order valence-electron chi connectivity index (χ1n) is 9.11. The summed E-state index contributed by atoms with van der Waals surface area (Å²) in [5.74, 6) is 0.0153. The zero-order chi connectivity index (χ0) is 17.8. The lowest BCUT2D eigenvalue weighted by molar-refractivity contribution is 0.0660. The molecule has 3 nitrogen and oxygen atoms in total. The van der Waals surface area contributed by atoms with Gasteiger partial charge in [0.2, 0.25) is 0 Å². The van der Waals surface area contributed by atoms with Gasteiger partial charge in [-0.1, -0.05) is 66.7 Å². The molecule has 1 amide bonds. The predicted molar refractivity (Wildman–Crippen MR) is 103 cm³/mol. The van der Waals surface area contributed by atoms with Crippen LogP contribution in [0.4, 0.5) is 0 Å². The Bertz CT molecular complexity index is 823. The Morgan fingerprint density at radius 2 is 1.46 bits per heavy atom. The summed E-state index contributed by atoms with van der Waals surface area (Å²) in [6.07, 6.45) is 3.69. The summed E-state index contributed by atoms with van der Waals surface area (Å²) in [7, 11) is 0. The van der Waals surface area contributed by atoms with E-state index in [0.29, 0.717) is 12.2 Å². The van der Waals surface area contributed by atoms with Gasteiger partial charge >= 0.3 is 0 Å². The maximum atomic E-state index is 13.0. The van der Waals surface area contributed by atoms with Crippen LogP contribution in [0, 0.1) is 0 Å². The predicted octanol–water partition coefficient (Wildman–Crippen LogP) is 4.30. The molecule has 2 heterocycles. The second kappa shape index (κ2) is 7.12. The Kier molecular flexibility index (Phi) is 4.53. The molecular formula is C23H22N2O. The van der Waals surface area contributed by atoms with E-state index in [-0.39, 0.29) is 11.3 Å². The highest BCUT2D eigenvalue weighted by molar-refractivity contribution is 5.92. The molecule has 3 aromatic rings. The Morgan fingerprint density at radius 1 is 0.846 bits per heavy atom. The number of benzene rings is 2. The maximum Gasteiger partial charge on any atom is 0.272 e. The summed E-state index contributed by atoms with van der Waals surface area (Å²) < 4.78 is 0. The van der Waals surface area contributed by atoms with Crippen LogP contribution in [-0.4, -0.2) is 28.9 Å². The molecule has 130 valence electrons. The van der Waals surface area contributed by atoms with Crippen LogP contribution in [0.5, 0.6) is 0 Å². The first-order valence-corrected chi connectivity index (χ1v) is 9.11. The van der Waals surface area contributed by atoms with Crippen molar-refractivity contribution in [2.45, 2.75) is 18.3 Å². The van der Waals surface area contributed by atoms with E-state index in [4.69, 9.17) is 0 Å². The van der Waals surface area contributed by atoms with Gasteiger partial charge in [-0.15, -0.1) is 0 Å². The molecule has 1 aliphatic heterocycles. The van der Waals surface area contributed by atoms with Gasteiger partial charge in [0.15, 0.2) is 0 Å². The van der Waals surface area contributed by atoms with Crippen LogP contribution in [0.3, 0.4) is 0 Å². The fourth-order valence-electron chi connectivity index (χ4n) is 4.03. The molecule has 0 bridgehead atoms. The summed E-state index contributed by atoms with van der Waals surface area (Å²) in [4.78, 5) is 19.2. The van der Waals surface area contributed by atoms with Crippen LogP contribution >= 0.6 is 0 Å². The second-order valence-electron chi connectivity index (χ2n) is 6.86. The van der Waals surface area contributed by atoms with Crippen molar-refractivity contribution >= 4 is 5.91 Å². The number of piperidine rings is 1. The van der Waals surface area contributed by atoms with Crippen LogP contribution in [0.1, 0.15) is 34.5 Å². The summed E-state index contributed by atoms with van der Waals surface area (Å²) in [6, 6.07) is 26.6. The molecule has 3 heteroatoms. The summed E-state index contributed by atoms with van der Waals surface area (Å²) >= 11 is 0. The first-order chi connectivity index (χ1) is 12.8. The monoisotopic (exact) mass is 342 g/mol. The van der Waals surface area contributed by atoms with E-state index >= 15 is 0 Å². The third-order valence-corrected chi connectivity index (χ3v) is 5.32. The molecule has 0 aliphatic carbocycles. The Labute approximate surface area is 154 Å². The number of pyridine rings is 1. The van der Waals surface area contributed by atoms with E-state index in [1.54, 1.807) is 12.3 Å². The highest BCUT2D eigenvalue weighted by atomic mass is 16.2. The van der Waals surface area contributed by atoms with Gasteiger partial charge in [0.1, 0.15) is 5.69 Å². The highest BCUT2D eigenvalue weighted by Gasteiger charge is 2.40. The number of rotatable bonds is 3. The van der Waals surface area contributed by atoms with Gasteiger partial charge in [-0.3, -0.25) is 9.78 Å². The topological polar surface area (TPSA) is 33.2 Å². The zero-order valence-electron chi connectivity index (χ0n) is 14.7. The Balaban J connectivity index is 1.74. The van der Waals surface area contributed by atoms with Crippen molar-refractivity contribution in [2.24, 2.45) is 0 Å². The lowest BCUT2D eigenvalue weighted by Crippen LogP contribution is -2.49. The fraction of sp³-hybridized carbons (Fsp3) is 0.217. The molecule has 1 saturated heterocycles. The highest BCUT2D eigenvalue weighted by Crippen LogP contribution is 2.40. The SMILES string of the molecule is O=C(c1ccccn1)N1CCCC(c2ccccc2)(c2ccccc2)C1. The summed E-state index contributed by atoms with van der Waals surface area (Å²) in [5, 5.41) is 0. The molecule has 1 aliphatic rings. The van der Waals surface area contributed by atoms with Crippen molar-refractivity contribution in [3.63, 3.8) is 0 Å². The molecule has 26 heavy (non-hydrogen) atoms. The lowest BCUT2D eigenvalue weighted by Gasteiger charge is -2.43. The van der Waals surface area contributed by atoms with Crippen molar-refractivity contribution in [1.82, 2.24) is 9.88 Å². The molecule has 4 rings (SSSR count). The maximum absolute atomic E-state index is 13.0. The normalized spacial score (nSPS) is 16.2. The van der Waals surface area contributed by atoms with E-state index in [0.717, 1.165) is 19.4 Å². The van der Waals surface area contributed by atoms with Crippen molar-refractivity contribution in [1.29, 1.82) is 0 Å². The van der Waals surface area contributed by atoms with Crippen molar-refractivity contribution < 1.29 is 4.79 Å². The van der Waals surface area contributed by atoms with E-state index in [1.807, 2.05) is 29.2 Å². The number of hydrogen-bond donors (Lipinski definition) is 0. The van der Waals surface area contributed by atoms with Crippen LogP contribution in [0.15, 0.2) is 85.1 Å². The molecule has 0 atom stereocenters. The number of nitrogens with zero attached hydrogens (tertiary/aromatic N) is 2. The molecule has 0 saturated carbocycles. The molecule has 2 aromatic carbocycles. The van der Waals surface area contributed by atoms with E-state index in [1.165, 1.54) is 11.1 Å². The fourth-order valence-corrected chi connectivity index (χ4v) is 4.03. The number of carbonyl (C=O) groups excluding carboxylic acids is 1. The van der Waals surface area contributed by atoms with E-state index < -0.39 is 0 Å². The standard InChI is InChI=1S/C23H22N2O/c26-22(21-14-7-8-16-24-21)25-17-9-15-23(18-25,19-10-3-1-4-11-19)20-12-5-2-6-13-20/h1-8,10-14,16H,9,15,17-18H2. The summed E-state index contributed by atoms with van der Waals surface area (Å²) in [5.41, 5.74) is 2.88. The smallest absolute Gasteiger partial charge is 0.272 e. The van der Waals surface area contributed by atoms with Crippen molar-refractivity contribution in [3.8, 4) is 0 Å². The minimum Gasteiger partial charge on any atom is -0.336 e. The quantitative estimate of drug-likeness (QED) is 0.711. The Morgan fingerprint density at radius 3 is 2.04 bits per heavy atom. The second-order valence-corrected chi connectivity index (χ2v) is 6.86. The number of carbonyl (C=O) groups is 1. The minimum absolute atomic E-state index is 0.0153. The van der Waals surface area contributed by atoms with Gasteiger partial charge in [-0.05, 0) is 36.1 Å². The number of hydrogen-bond acceptors (Lipinski definition) is 2. The number of amides is 1. The lowest BCUT2D eigenvalue weighted by atomic mass is 9.69. The van der Waals surface area contributed by atoms with E-state index in [2.05, 4.69) is 53.5 Å². The van der Waals surface area contributed by atoms with Crippen LogP contribution < -0.4 is 0 Å². The van der Waals surface area contributed by atoms with Crippen molar-refractivity contribution in [3.05, 3.63) is 102 Å². The average Bonchev–Trinajstić information content (AvgIpc) is 2.75. The average molecular weight is 342 g/mol. The number of likely N-dealkylation sites (tertiary alicyclic amines) is 1. The molecule has 0 unspecified atom stereocenters. The summed E-state index contributed by atoms with van der Waals surface area (Å²) in [6.45, 7) is 1.45. The molecular weight excluding hydrogens is 320 g/mol. The van der Waals surface area contributed by atoms with Gasteiger partial charge in [0, 0.05) is 24.7 Å². The van der Waals surface area contributed by atoms with Gasteiger partial charge < -0.3 is 4.90 Å². The van der Waals surface area contributed by atoms with Gasteiger partial charge in [0.25, 0.3) is 5.91 Å². The molecule has 1 aromatic heterocycles. The van der Waals surface area contributed by atoms with Gasteiger partial charge in [-0.2, -0.15) is 0 Å². The minimum atomic E-state index is -0.175. The van der Waals surface area contributed by atoms with E-state index in [9.17, 15) is 4.79 Å². The van der Waals surface area contributed by atoms with Gasteiger partial charge in [0.05, 0.1) is 0 Å². The first kappa shape index (κ1) is 16.5. The Hall–Kier alpha value is -2.94. The van der Waals surface area contributed by atoms with Crippen LogP contribution in [-0.2, 0) is 5.41 Å². The van der Waals surface area contributed by atoms with Gasteiger partial charge in [-0.25, -0.2) is 0 Å². The molecule has 0 spiro atoms. The molecule has 0 N–H and O–H groups in total. The van der Waals surface area contributed by atoms with Crippen LogP contribution in [0.25, 0.3) is 0 Å². The largest absolute Gasteiger partial charge is 0.336 e. The van der Waals surface area contributed by atoms with Crippen molar-refractivity contribution in [2.75, 3.05) is 13.1 Å². The molecule has 1 fully saturated rings. The molecule has 0 radical (unpaired) electrons.